The maximum Gasteiger partial charge on any atom is 0.191 e. The van der Waals surface area contributed by atoms with Crippen molar-refractivity contribution in [3.63, 3.8) is 0 Å². The van der Waals surface area contributed by atoms with E-state index in [1.807, 2.05) is 7.05 Å². The van der Waals surface area contributed by atoms with E-state index in [2.05, 4.69) is 74.0 Å². The number of nitrogens with one attached hydrogen (secondary N) is 2. The van der Waals surface area contributed by atoms with Crippen molar-refractivity contribution >= 4 is 11.6 Å². The zero-order valence-electron chi connectivity index (χ0n) is 17.9. The van der Waals surface area contributed by atoms with E-state index in [1.54, 1.807) is 0 Å². The fourth-order valence-electron chi connectivity index (χ4n) is 4.12. The van der Waals surface area contributed by atoms with Crippen LogP contribution >= 0.6 is 0 Å². The molecular weight excluding hydrogens is 374 g/mol. The van der Waals surface area contributed by atoms with Crippen molar-refractivity contribution in [3.8, 4) is 0 Å². The molecule has 0 spiro atoms. The van der Waals surface area contributed by atoms with E-state index < -0.39 is 0 Å². The number of guanidine groups is 1. The minimum atomic E-state index is 0.768. The summed E-state index contributed by atoms with van der Waals surface area (Å²) in [5.74, 6) is 0.848. The summed E-state index contributed by atoms with van der Waals surface area (Å²) in [4.78, 5) is 9.23. The minimum absolute atomic E-state index is 0.768. The van der Waals surface area contributed by atoms with E-state index in [0.717, 1.165) is 71.4 Å². The number of benzene rings is 2. The second-order valence-electron chi connectivity index (χ2n) is 7.92. The van der Waals surface area contributed by atoms with E-state index >= 15 is 0 Å². The summed E-state index contributed by atoms with van der Waals surface area (Å²) < 4.78 is 5.40. The fraction of sp³-hybridized carbons (Fsp3) is 0.458. The van der Waals surface area contributed by atoms with Gasteiger partial charge in [-0.15, -0.1) is 0 Å². The molecule has 1 fully saturated rings. The Morgan fingerprint density at radius 3 is 2.53 bits per heavy atom. The number of aliphatic imine (C=N–C) groups is 1. The van der Waals surface area contributed by atoms with Gasteiger partial charge in [0.2, 0.25) is 0 Å². The highest BCUT2D eigenvalue weighted by atomic mass is 16.5. The van der Waals surface area contributed by atoms with Crippen molar-refractivity contribution in [2.45, 2.75) is 19.5 Å². The van der Waals surface area contributed by atoms with Crippen LogP contribution in [0.2, 0.25) is 0 Å². The molecule has 0 aromatic heterocycles. The summed E-state index contributed by atoms with van der Waals surface area (Å²) in [7, 11) is 1.82. The van der Waals surface area contributed by atoms with Gasteiger partial charge in [-0.25, -0.2) is 0 Å². The number of morpholine rings is 1. The van der Waals surface area contributed by atoms with Crippen LogP contribution in [0.1, 0.15) is 16.7 Å². The van der Waals surface area contributed by atoms with Gasteiger partial charge in [-0.05, 0) is 29.2 Å². The number of anilines is 1. The van der Waals surface area contributed by atoms with Crippen LogP contribution in [0.25, 0.3) is 0 Å². The van der Waals surface area contributed by atoms with Gasteiger partial charge in [0.05, 0.1) is 13.2 Å². The van der Waals surface area contributed by atoms with Gasteiger partial charge in [-0.2, -0.15) is 0 Å². The first-order valence-electron chi connectivity index (χ1n) is 11.0. The summed E-state index contributed by atoms with van der Waals surface area (Å²) in [5, 5.41) is 6.82. The van der Waals surface area contributed by atoms with Gasteiger partial charge < -0.3 is 20.3 Å². The quantitative estimate of drug-likeness (QED) is 0.545. The third-order valence-electron chi connectivity index (χ3n) is 5.89. The smallest absolute Gasteiger partial charge is 0.191 e. The van der Waals surface area contributed by atoms with Crippen LogP contribution < -0.4 is 15.5 Å². The monoisotopic (exact) mass is 407 g/mol. The predicted octanol–water partition coefficient (Wildman–Crippen LogP) is 2.25. The number of ether oxygens (including phenoxy) is 1. The lowest BCUT2D eigenvalue weighted by Crippen LogP contribution is -2.44. The molecular formula is C24H33N5O. The first-order chi connectivity index (χ1) is 14.8. The van der Waals surface area contributed by atoms with E-state index in [4.69, 9.17) is 4.74 Å². The zero-order chi connectivity index (χ0) is 20.6. The number of nitrogens with zero attached hydrogens (tertiary/aromatic N) is 3. The van der Waals surface area contributed by atoms with Gasteiger partial charge in [0.25, 0.3) is 0 Å². The maximum absolute atomic E-state index is 5.40. The van der Waals surface area contributed by atoms with Gasteiger partial charge in [0, 0.05) is 58.5 Å². The van der Waals surface area contributed by atoms with Crippen LogP contribution in [-0.2, 0) is 24.2 Å². The highest BCUT2D eigenvalue weighted by molar-refractivity contribution is 5.79. The lowest BCUT2D eigenvalue weighted by atomic mass is 10.1. The topological polar surface area (TPSA) is 52.1 Å². The Balaban J connectivity index is 1.21. The molecule has 1 saturated heterocycles. The molecule has 2 heterocycles. The van der Waals surface area contributed by atoms with Crippen LogP contribution in [-0.4, -0.2) is 63.8 Å². The molecule has 2 aromatic rings. The van der Waals surface area contributed by atoms with E-state index in [1.165, 1.54) is 22.4 Å². The lowest BCUT2D eigenvalue weighted by Gasteiger charge is -2.26. The van der Waals surface area contributed by atoms with E-state index in [0.29, 0.717) is 0 Å². The molecule has 0 bridgehead atoms. The molecule has 2 aliphatic heterocycles. The molecule has 160 valence electrons. The average molecular weight is 408 g/mol. The van der Waals surface area contributed by atoms with Crippen molar-refractivity contribution in [2.24, 2.45) is 4.99 Å². The highest BCUT2D eigenvalue weighted by Gasteiger charge is 2.18. The van der Waals surface area contributed by atoms with Crippen LogP contribution in [0.15, 0.2) is 53.5 Å². The first kappa shape index (κ1) is 20.7. The third-order valence-corrected chi connectivity index (χ3v) is 5.89. The minimum Gasteiger partial charge on any atom is -0.379 e. The van der Waals surface area contributed by atoms with E-state index in [-0.39, 0.29) is 0 Å². The van der Waals surface area contributed by atoms with Gasteiger partial charge in [0.1, 0.15) is 0 Å². The zero-order valence-corrected chi connectivity index (χ0v) is 17.9. The molecule has 0 saturated carbocycles. The van der Waals surface area contributed by atoms with Crippen molar-refractivity contribution in [1.29, 1.82) is 0 Å². The van der Waals surface area contributed by atoms with E-state index in [9.17, 15) is 0 Å². The molecule has 0 unspecified atom stereocenters. The van der Waals surface area contributed by atoms with Gasteiger partial charge in [-0.3, -0.25) is 9.89 Å². The molecule has 0 radical (unpaired) electrons. The van der Waals surface area contributed by atoms with Crippen LogP contribution in [0, 0.1) is 0 Å². The number of para-hydroxylation sites is 1. The largest absolute Gasteiger partial charge is 0.379 e. The molecule has 30 heavy (non-hydrogen) atoms. The number of hydrogen-bond donors (Lipinski definition) is 2. The van der Waals surface area contributed by atoms with Crippen molar-refractivity contribution in [2.75, 3.05) is 57.9 Å². The maximum atomic E-state index is 5.40. The molecule has 2 N–H and O–H groups in total. The van der Waals surface area contributed by atoms with Gasteiger partial charge >= 0.3 is 0 Å². The van der Waals surface area contributed by atoms with Crippen LogP contribution in [0.5, 0.6) is 0 Å². The molecule has 0 aliphatic carbocycles. The molecule has 2 aliphatic rings. The SMILES string of the molecule is CN=C(NCCN1CCOCC1)NCc1ccc(CN2CCc3ccccc32)cc1. The third kappa shape index (κ3) is 5.52. The normalized spacial score (nSPS) is 17.1. The Morgan fingerprint density at radius 1 is 0.967 bits per heavy atom. The Kier molecular flexibility index (Phi) is 7.21. The molecule has 6 heteroatoms. The Bertz CT molecular complexity index is 830. The Labute approximate surface area is 179 Å². The Hall–Kier alpha value is -2.57. The first-order valence-corrected chi connectivity index (χ1v) is 11.0. The standard InChI is InChI=1S/C24H33N5O/c1-25-24(26-11-13-28-14-16-30-17-15-28)27-18-20-6-8-21(9-7-20)19-29-12-10-22-4-2-3-5-23(22)29/h2-9H,10-19H2,1H3,(H2,25,26,27). The fourth-order valence-corrected chi connectivity index (χ4v) is 4.12. The molecule has 4 rings (SSSR count). The molecule has 2 aromatic carbocycles. The second-order valence-corrected chi connectivity index (χ2v) is 7.92. The molecule has 0 amide bonds. The van der Waals surface area contributed by atoms with Crippen LogP contribution in [0.4, 0.5) is 5.69 Å². The van der Waals surface area contributed by atoms with Gasteiger partial charge in [0.15, 0.2) is 5.96 Å². The summed E-state index contributed by atoms with van der Waals surface area (Å²) in [6.07, 6.45) is 1.15. The number of rotatable bonds is 7. The second kappa shape index (κ2) is 10.5. The van der Waals surface area contributed by atoms with Crippen molar-refractivity contribution in [1.82, 2.24) is 15.5 Å². The van der Waals surface area contributed by atoms with Crippen molar-refractivity contribution in [3.05, 3.63) is 65.2 Å². The summed E-state index contributed by atoms with van der Waals surface area (Å²) in [5.41, 5.74) is 5.46. The number of fused-ring (bicyclic) bond motifs is 1. The summed E-state index contributed by atoms with van der Waals surface area (Å²) >= 11 is 0. The van der Waals surface area contributed by atoms with Gasteiger partial charge in [-0.1, -0.05) is 42.5 Å². The average Bonchev–Trinajstić information content (AvgIpc) is 3.20. The highest BCUT2D eigenvalue weighted by Crippen LogP contribution is 2.28. The molecule has 6 nitrogen and oxygen atoms in total. The predicted molar refractivity (Wildman–Crippen MR) is 123 cm³/mol. The van der Waals surface area contributed by atoms with Crippen LogP contribution in [0.3, 0.4) is 0 Å². The summed E-state index contributed by atoms with van der Waals surface area (Å²) in [6.45, 7) is 8.45. The molecule has 0 atom stereocenters. The lowest BCUT2D eigenvalue weighted by molar-refractivity contribution is 0.0389. The Morgan fingerprint density at radius 2 is 1.73 bits per heavy atom. The van der Waals surface area contributed by atoms with Crippen molar-refractivity contribution < 1.29 is 4.74 Å². The number of hydrogen-bond acceptors (Lipinski definition) is 4. The summed E-state index contributed by atoms with van der Waals surface area (Å²) in [6, 6.07) is 17.7.